The summed E-state index contributed by atoms with van der Waals surface area (Å²) in [5, 5.41) is 3.06. The maximum atomic E-state index is 11.0. The van der Waals surface area contributed by atoms with E-state index in [0.29, 0.717) is 32.8 Å². The molecule has 21 heavy (non-hydrogen) atoms. The molecule has 1 N–H and O–H groups in total. The van der Waals surface area contributed by atoms with Crippen LogP contribution in [-0.2, 0) is 14.3 Å². The average molecular weight is 295 g/mol. The average Bonchev–Trinajstić information content (AvgIpc) is 2.53. The van der Waals surface area contributed by atoms with Crippen molar-refractivity contribution < 1.29 is 19.0 Å². The highest BCUT2D eigenvalue weighted by molar-refractivity contribution is 5.79. The first-order chi connectivity index (χ1) is 10.3. The van der Waals surface area contributed by atoms with Gasteiger partial charge in [0.25, 0.3) is 0 Å². The molecule has 0 bridgehead atoms. The van der Waals surface area contributed by atoms with Crippen LogP contribution in [0.3, 0.4) is 0 Å². The molecule has 0 aromatic heterocycles. The predicted octanol–water partition coefficient (Wildman–Crippen LogP) is 2.51. The third-order valence-electron chi connectivity index (χ3n) is 2.85. The standard InChI is InChI=1S/C16H25NO4/c1-3-15(18)13-20-9-5-8-19-10-11-21-16-7-4-6-14(12-16)17-2/h4,6-7,12,17H,3,5,8-11,13H2,1-2H3. The summed E-state index contributed by atoms with van der Waals surface area (Å²) < 4.78 is 16.2. The van der Waals surface area contributed by atoms with Crippen LogP contribution in [0.15, 0.2) is 24.3 Å². The molecule has 5 nitrogen and oxygen atoms in total. The van der Waals surface area contributed by atoms with Gasteiger partial charge in [-0.05, 0) is 18.6 Å². The van der Waals surface area contributed by atoms with Gasteiger partial charge in [-0.1, -0.05) is 13.0 Å². The summed E-state index contributed by atoms with van der Waals surface area (Å²) in [5.41, 5.74) is 1.02. The summed E-state index contributed by atoms with van der Waals surface area (Å²) in [4.78, 5) is 11.0. The zero-order valence-electron chi connectivity index (χ0n) is 12.9. The van der Waals surface area contributed by atoms with Gasteiger partial charge in [-0.15, -0.1) is 0 Å². The van der Waals surface area contributed by atoms with Crippen molar-refractivity contribution in [2.24, 2.45) is 0 Å². The van der Waals surface area contributed by atoms with Crippen molar-refractivity contribution in [2.45, 2.75) is 19.8 Å². The van der Waals surface area contributed by atoms with Crippen LogP contribution in [0.2, 0.25) is 0 Å². The Bertz CT molecular complexity index is 409. The molecular weight excluding hydrogens is 270 g/mol. The Kier molecular flexibility index (Phi) is 9.24. The van der Waals surface area contributed by atoms with Gasteiger partial charge in [-0.25, -0.2) is 0 Å². The van der Waals surface area contributed by atoms with Gasteiger partial charge in [-0.3, -0.25) is 4.79 Å². The maximum Gasteiger partial charge on any atom is 0.158 e. The first-order valence-corrected chi connectivity index (χ1v) is 7.34. The van der Waals surface area contributed by atoms with Crippen molar-refractivity contribution in [3.05, 3.63) is 24.3 Å². The molecule has 1 aromatic rings. The summed E-state index contributed by atoms with van der Waals surface area (Å²) in [6.45, 7) is 4.26. The molecule has 1 aromatic carbocycles. The minimum atomic E-state index is 0.133. The van der Waals surface area contributed by atoms with Gasteiger partial charge >= 0.3 is 0 Å². The molecule has 0 atom stereocenters. The SMILES string of the molecule is CCC(=O)COCCCOCCOc1cccc(NC)c1. The minimum absolute atomic E-state index is 0.133. The van der Waals surface area contributed by atoms with Crippen LogP contribution < -0.4 is 10.1 Å². The van der Waals surface area contributed by atoms with Gasteiger partial charge in [0, 0.05) is 38.4 Å². The maximum absolute atomic E-state index is 11.0. The molecule has 0 radical (unpaired) electrons. The van der Waals surface area contributed by atoms with E-state index >= 15 is 0 Å². The zero-order valence-corrected chi connectivity index (χ0v) is 12.9. The van der Waals surface area contributed by atoms with E-state index in [-0.39, 0.29) is 12.4 Å². The molecular formula is C16H25NO4. The quantitative estimate of drug-likeness (QED) is 0.600. The lowest BCUT2D eigenvalue weighted by atomic mass is 10.3. The number of ketones is 1. The highest BCUT2D eigenvalue weighted by atomic mass is 16.5. The molecule has 1 rings (SSSR count). The number of ether oxygens (including phenoxy) is 3. The van der Waals surface area contributed by atoms with Gasteiger partial charge in [0.1, 0.15) is 19.0 Å². The third kappa shape index (κ3) is 8.32. The molecule has 118 valence electrons. The van der Waals surface area contributed by atoms with Crippen LogP contribution in [0.4, 0.5) is 5.69 Å². The van der Waals surface area contributed by atoms with E-state index < -0.39 is 0 Å². The van der Waals surface area contributed by atoms with Crippen molar-refractivity contribution in [3.8, 4) is 5.75 Å². The Hall–Kier alpha value is -1.59. The number of carbonyl (C=O) groups excluding carboxylic acids is 1. The molecule has 0 spiro atoms. The van der Waals surface area contributed by atoms with Crippen LogP contribution in [0.1, 0.15) is 19.8 Å². The van der Waals surface area contributed by atoms with Crippen LogP contribution in [0.25, 0.3) is 0 Å². The Labute approximate surface area is 126 Å². The lowest BCUT2D eigenvalue weighted by molar-refractivity contribution is -0.123. The Morgan fingerprint density at radius 2 is 1.95 bits per heavy atom. The molecule has 5 heteroatoms. The molecule has 0 saturated carbocycles. The summed E-state index contributed by atoms with van der Waals surface area (Å²) in [5.74, 6) is 0.958. The predicted molar refractivity (Wildman–Crippen MR) is 83.0 cm³/mol. The molecule has 0 unspecified atom stereocenters. The second kappa shape index (κ2) is 11.1. The highest BCUT2D eigenvalue weighted by Gasteiger charge is 1.98. The van der Waals surface area contributed by atoms with E-state index in [1.54, 1.807) is 0 Å². The number of nitrogens with one attached hydrogen (secondary N) is 1. The number of benzene rings is 1. The van der Waals surface area contributed by atoms with Gasteiger partial charge in [-0.2, -0.15) is 0 Å². The van der Waals surface area contributed by atoms with E-state index in [1.807, 2.05) is 38.2 Å². The summed E-state index contributed by atoms with van der Waals surface area (Å²) in [7, 11) is 1.87. The topological polar surface area (TPSA) is 56.8 Å². The number of anilines is 1. The monoisotopic (exact) mass is 295 g/mol. The Morgan fingerprint density at radius 3 is 2.71 bits per heavy atom. The van der Waals surface area contributed by atoms with E-state index in [2.05, 4.69) is 5.32 Å². The van der Waals surface area contributed by atoms with Gasteiger partial charge in [0.05, 0.1) is 6.61 Å². The van der Waals surface area contributed by atoms with Gasteiger partial charge in [0.2, 0.25) is 0 Å². The number of carbonyl (C=O) groups is 1. The second-order valence-electron chi connectivity index (χ2n) is 4.54. The van der Waals surface area contributed by atoms with Crippen molar-refractivity contribution >= 4 is 11.5 Å². The third-order valence-corrected chi connectivity index (χ3v) is 2.85. The molecule has 0 aliphatic carbocycles. The lowest BCUT2D eigenvalue weighted by Gasteiger charge is -2.08. The fourth-order valence-corrected chi connectivity index (χ4v) is 1.61. The van der Waals surface area contributed by atoms with E-state index in [0.717, 1.165) is 17.9 Å². The molecule has 0 heterocycles. The molecule has 0 saturated heterocycles. The smallest absolute Gasteiger partial charge is 0.158 e. The van der Waals surface area contributed by atoms with Gasteiger partial charge in [0.15, 0.2) is 5.78 Å². The largest absolute Gasteiger partial charge is 0.491 e. The normalized spacial score (nSPS) is 10.4. The first-order valence-electron chi connectivity index (χ1n) is 7.34. The fourth-order valence-electron chi connectivity index (χ4n) is 1.61. The van der Waals surface area contributed by atoms with Crippen molar-refractivity contribution in [1.29, 1.82) is 0 Å². The summed E-state index contributed by atoms with van der Waals surface area (Å²) >= 11 is 0. The minimum Gasteiger partial charge on any atom is -0.491 e. The number of Topliss-reactive ketones (excluding diaryl/α,β-unsaturated/α-hetero) is 1. The molecule has 0 aliphatic heterocycles. The number of rotatable bonds is 12. The number of hydrogen-bond donors (Lipinski definition) is 1. The molecule has 0 amide bonds. The van der Waals surface area contributed by atoms with Crippen LogP contribution >= 0.6 is 0 Å². The summed E-state index contributed by atoms with van der Waals surface area (Å²) in [6, 6.07) is 7.78. The van der Waals surface area contributed by atoms with Crippen LogP contribution in [0, 0.1) is 0 Å². The van der Waals surface area contributed by atoms with E-state index in [9.17, 15) is 4.79 Å². The van der Waals surface area contributed by atoms with Crippen LogP contribution in [-0.4, -0.2) is 45.9 Å². The molecule has 0 aliphatic rings. The number of hydrogen-bond acceptors (Lipinski definition) is 5. The second-order valence-corrected chi connectivity index (χ2v) is 4.54. The Balaban J connectivity index is 1.96. The van der Waals surface area contributed by atoms with Crippen molar-refractivity contribution in [3.63, 3.8) is 0 Å². The first kappa shape index (κ1) is 17.5. The molecule has 0 fully saturated rings. The van der Waals surface area contributed by atoms with Crippen molar-refractivity contribution in [2.75, 3.05) is 45.4 Å². The highest BCUT2D eigenvalue weighted by Crippen LogP contribution is 2.16. The van der Waals surface area contributed by atoms with E-state index in [1.165, 1.54) is 0 Å². The van der Waals surface area contributed by atoms with Crippen molar-refractivity contribution in [1.82, 2.24) is 0 Å². The lowest BCUT2D eigenvalue weighted by Crippen LogP contribution is -2.11. The zero-order chi connectivity index (χ0) is 15.3. The Morgan fingerprint density at radius 1 is 1.14 bits per heavy atom. The van der Waals surface area contributed by atoms with Crippen LogP contribution in [0.5, 0.6) is 5.75 Å². The van der Waals surface area contributed by atoms with Gasteiger partial charge < -0.3 is 19.5 Å². The van der Waals surface area contributed by atoms with E-state index in [4.69, 9.17) is 14.2 Å². The summed E-state index contributed by atoms with van der Waals surface area (Å²) in [6.07, 6.45) is 1.31. The fraction of sp³-hybridized carbons (Fsp3) is 0.562.